The highest BCUT2D eigenvalue weighted by molar-refractivity contribution is 5.38. The maximum Gasteiger partial charge on any atom is 0.119 e. The normalized spacial score (nSPS) is 10.8. The number of nitrogens with zero attached hydrogens (tertiary/aromatic N) is 4. The Balaban J connectivity index is 1.41. The minimum absolute atomic E-state index is 0.569. The molecule has 0 fully saturated rings. The zero-order chi connectivity index (χ0) is 17.8. The molecule has 2 aromatic heterocycles. The van der Waals surface area contributed by atoms with Crippen LogP contribution in [0.25, 0.3) is 5.69 Å². The van der Waals surface area contributed by atoms with Crippen molar-refractivity contribution in [3.8, 4) is 11.4 Å². The summed E-state index contributed by atoms with van der Waals surface area (Å²) in [6.07, 6.45) is 7.65. The van der Waals surface area contributed by atoms with Crippen molar-refractivity contribution >= 4 is 0 Å². The number of benzene rings is 2. The molecule has 0 saturated heterocycles. The van der Waals surface area contributed by atoms with Crippen LogP contribution in [0.15, 0.2) is 79.5 Å². The standard InChI is InChI=1S/C21H20N4O/c1-17-22-11-12-24(17)13-19-14-25(16-23-19)20-7-9-21(10-8-20)26-15-18-5-3-2-4-6-18/h2-12,14,16H,13,15H2,1H3. The summed E-state index contributed by atoms with van der Waals surface area (Å²) in [5, 5.41) is 0. The molecule has 2 heterocycles. The molecule has 0 radical (unpaired) electrons. The van der Waals surface area contributed by atoms with E-state index >= 15 is 0 Å². The third kappa shape index (κ3) is 3.67. The molecule has 0 saturated carbocycles. The summed E-state index contributed by atoms with van der Waals surface area (Å²) >= 11 is 0. The molecule has 0 N–H and O–H groups in total. The van der Waals surface area contributed by atoms with Gasteiger partial charge in [0.15, 0.2) is 0 Å². The summed E-state index contributed by atoms with van der Waals surface area (Å²) in [5.74, 6) is 1.84. The third-order valence-corrected chi connectivity index (χ3v) is 4.28. The van der Waals surface area contributed by atoms with Gasteiger partial charge in [0.2, 0.25) is 0 Å². The Labute approximate surface area is 152 Å². The fourth-order valence-electron chi connectivity index (χ4n) is 2.79. The lowest BCUT2D eigenvalue weighted by molar-refractivity contribution is 0.306. The van der Waals surface area contributed by atoms with Gasteiger partial charge in [-0.25, -0.2) is 9.97 Å². The van der Waals surface area contributed by atoms with Crippen molar-refractivity contribution in [3.63, 3.8) is 0 Å². The monoisotopic (exact) mass is 344 g/mol. The number of imidazole rings is 2. The fourth-order valence-corrected chi connectivity index (χ4v) is 2.79. The maximum absolute atomic E-state index is 5.84. The predicted octanol–water partition coefficient (Wildman–Crippen LogP) is 4.00. The Morgan fingerprint density at radius 2 is 1.77 bits per heavy atom. The number of rotatable bonds is 6. The van der Waals surface area contributed by atoms with Crippen molar-refractivity contribution in [2.45, 2.75) is 20.1 Å². The summed E-state index contributed by atoms with van der Waals surface area (Å²) < 4.78 is 9.93. The molecule has 5 nitrogen and oxygen atoms in total. The molecule has 26 heavy (non-hydrogen) atoms. The molecule has 0 bridgehead atoms. The predicted molar refractivity (Wildman–Crippen MR) is 100 cm³/mol. The summed E-state index contributed by atoms with van der Waals surface area (Å²) in [6.45, 7) is 3.28. The highest BCUT2D eigenvalue weighted by Crippen LogP contribution is 2.17. The quantitative estimate of drug-likeness (QED) is 0.531. The van der Waals surface area contributed by atoms with Crippen LogP contribution in [0, 0.1) is 6.92 Å². The van der Waals surface area contributed by atoms with E-state index in [1.54, 1.807) is 6.20 Å². The lowest BCUT2D eigenvalue weighted by Crippen LogP contribution is -2.00. The van der Waals surface area contributed by atoms with E-state index in [9.17, 15) is 0 Å². The average molecular weight is 344 g/mol. The topological polar surface area (TPSA) is 44.9 Å². The first-order chi connectivity index (χ1) is 12.8. The van der Waals surface area contributed by atoms with Gasteiger partial charge in [-0.1, -0.05) is 30.3 Å². The van der Waals surface area contributed by atoms with E-state index in [1.807, 2.05) is 72.7 Å². The van der Waals surface area contributed by atoms with E-state index in [2.05, 4.69) is 26.7 Å². The molecule has 0 unspecified atom stereocenters. The van der Waals surface area contributed by atoms with Gasteiger partial charge in [0.05, 0.1) is 18.6 Å². The van der Waals surface area contributed by atoms with Gasteiger partial charge in [0.1, 0.15) is 18.2 Å². The van der Waals surface area contributed by atoms with Crippen molar-refractivity contribution < 1.29 is 4.74 Å². The van der Waals surface area contributed by atoms with Gasteiger partial charge in [-0.2, -0.15) is 0 Å². The summed E-state index contributed by atoms with van der Waals surface area (Å²) in [4.78, 5) is 8.73. The number of hydrogen-bond donors (Lipinski definition) is 0. The largest absolute Gasteiger partial charge is 0.489 e. The number of aromatic nitrogens is 4. The van der Waals surface area contributed by atoms with Crippen molar-refractivity contribution in [1.29, 1.82) is 0 Å². The number of aryl methyl sites for hydroxylation is 1. The summed E-state index contributed by atoms with van der Waals surface area (Å²) in [6, 6.07) is 18.2. The molecule has 0 aliphatic rings. The van der Waals surface area contributed by atoms with Gasteiger partial charge in [-0.05, 0) is 36.8 Å². The fraction of sp³-hybridized carbons (Fsp3) is 0.143. The van der Waals surface area contributed by atoms with Crippen LogP contribution in [0.3, 0.4) is 0 Å². The minimum Gasteiger partial charge on any atom is -0.489 e. The zero-order valence-electron chi connectivity index (χ0n) is 14.6. The zero-order valence-corrected chi connectivity index (χ0v) is 14.6. The Bertz CT molecular complexity index is 971. The van der Waals surface area contributed by atoms with Crippen LogP contribution in [-0.2, 0) is 13.2 Å². The second-order valence-corrected chi connectivity index (χ2v) is 6.14. The molecule has 0 spiro atoms. The van der Waals surface area contributed by atoms with Crippen molar-refractivity contribution in [1.82, 2.24) is 19.1 Å². The number of ether oxygens (including phenoxy) is 1. The second-order valence-electron chi connectivity index (χ2n) is 6.14. The smallest absolute Gasteiger partial charge is 0.119 e. The lowest BCUT2D eigenvalue weighted by atomic mass is 10.2. The first-order valence-corrected chi connectivity index (χ1v) is 8.56. The van der Waals surface area contributed by atoms with E-state index in [0.29, 0.717) is 6.61 Å². The molecule has 5 heteroatoms. The molecule has 130 valence electrons. The Hall–Kier alpha value is -3.34. The van der Waals surface area contributed by atoms with E-state index in [0.717, 1.165) is 35.1 Å². The van der Waals surface area contributed by atoms with E-state index in [-0.39, 0.29) is 0 Å². The second kappa shape index (κ2) is 7.27. The molecule has 0 aliphatic heterocycles. The molecular weight excluding hydrogens is 324 g/mol. The van der Waals surface area contributed by atoms with Gasteiger partial charge in [-0.3, -0.25) is 0 Å². The molecule has 0 amide bonds. The van der Waals surface area contributed by atoms with E-state index < -0.39 is 0 Å². The van der Waals surface area contributed by atoms with Crippen LogP contribution in [-0.4, -0.2) is 19.1 Å². The van der Waals surface area contributed by atoms with Crippen LogP contribution >= 0.6 is 0 Å². The van der Waals surface area contributed by atoms with Gasteiger partial charge in [0.25, 0.3) is 0 Å². The van der Waals surface area contributed by atoms with E-state index in [4.69, 9.17) is 4.74 Å². The van der Waals surface area contributed by atoms with E-state index in [1.165, 1.54) is 0 Å². The number of hydrogen-bond acceptors (Lipinski definition) is 3. The Kier molecular flexibility index (Phi) is 4.51. The van der Waals surface area contributed by atoms with Crippen LogP contribution in [0.2, 0.25) is 0 Å². The molecular formula is C21H20N4O. The van der Waals surface area contributed by atoms with Crippen LogP contribution in [0.1, 0.15) is 17.1 Å². The Morgan fingerprint density at radius 1 is 0.962 bits per heavy atom. The van der Waals surface area contributed by atoms with Crippen LogP contribution < -0.4 is 4.74 Å². The molecule has 2 aromatic carbocycles. The van der Waals surface area contributed by atoms with Crippen molar-refractivity contribution in [2.75, 3.05) is 0 Å². The van der Waals surface area contributed by atoms with Gasteiger partial charge >= 0.3 is 0 Å². The highest BCUT2D eigenvalue weighted by atomic mass is 16.5. The molecule has 4 aromatic rings. The minimum atomic E-state index is 0.569. The molecule has 0 atom stereocenters. The molecule has 4 rings (SSSR count). The SMILES string of the molecule is Cc1nccn1Cc1cn(-c2ccc(OCc3ccccc3)cc2)cn1. The van der Waals surface area contributed by atoms with Crippen molar-refractivity contribution in [3.05, 3.63) is 96.6 Å². The van der Waals surface area contributed by atoms with Crippen LogP contribution in [0.5, 0.6) is 5.75 Å². The third-order valence-electron chi connectivity index (χ3n) is 4.28. The first-order valence-electron chi connectivity index (χ1n) is 8.56. The lowest BCUT2D eigenvalue weighted by Gasteiger charge is -2.08. The summed E-state index contributed by atoms with van der Waals surface area (Å²) in [7, 11) is 0. The Morgan fingerprint density at radius 3 is 2.50 bits per heavy atom. The van der Waals surface area contributed by atoms with Gasteiger partial charge in [-0.15, -0.1) is 0 Å². The highest BCUT2D eigenvalue weighted by Gasteiger charge is 2.04. The van der Waals surface area contributed by atoms with Crippen LogP contribution in [0.4, 0.5) is 0 Å². The van der Waals surface area contributed by atoms with Gasteiger partial charge in [0, 0.05) is 24.3 Å². The van der Waals surface area contributed by atoms with Crippen molar-refractivity contribution in [2.24, 2.45) is 0 Å². The van der Waals surface area contributed by atoms with Gasteiger partial charge < -0.3 is 13.9 Å². The average Bonchev–Trinajstić information content (AvgIpc) is 3.31. The molecule has 0 aliphatic carbocycles. The first kappa shape index (κ1) is 16.1. The maximum atomic E-state index is 5.84. The summed E-state index contributed by atoms with van der Waals surface area (Å²) in [5.41, 5.74) is 3.21.